The minimum atomic E-state index is 0.0639. The number of nitrogens with one attached hydrogen (secondary N) is 1. The van der Waals surface area contributed by atoms with E-state index in [1.165, 1.54) is 5.56 Å². The Kier molecular flexibility index (Phi) is 7.23. The van der Waals surface area contributed by atoms with Gasteiger partial charge in [-0.15, -0.1) is 0 Å². The van der Waals surface area contributed by atoms with Crippen molar-refractivity contribution in [3.8, 4) is 5.75 Å². The maximum absolute atomic E-state index is 11.8. The highest BCUT2D eigenvalue weighted by atomic mass is 16.5. The van der Waals surface area contributed by atoms with Crippen molar-refractivity contribution >= 4 is 5.91 Å². The second kappa shape index (κ2) is 8.67. The van der Waals surface area contributed by atoms with Crippen LogP contribution in [0.25, 0.3) is 0 Å². The lowest BCUT2D eigenvalue weighted by atomic mass is 10.1. The van der Waals surface area contributed by atoms with Gasteiger partial charge in [0.15, 0.2) is 0 Å². The first-order valence-electron chi connectivity index (χ1n) is 7.56. The van der Waals surface area contributed by atoms with Crippen LogP contribution in [-0.2, 0) is 4.79 Å². The lowest BCUT2D eigenvalue weighted by molar-refractivity contribution is -0.122. The van der Waals surface area contributed by atoms with Gasteiger partial charge in [-0.25, -0.2) is 0 Å². The monoisotopic (exact) mass is 292 g/mol. The van der Waals surface area contributed by atoms with Crippen LogP contribution in [0.4, 0.5) is 0 Å². The van der Waals surface area contributed by atoms with Crippen LogP contribution in [0.1, 0.15) is 26.3 Å². The molecule has 0 radical (unpaired) electrons. The van der Waals surface area contributed by atoms with Crippen molar-refractivity contribution in [2.75, 3.05) is 26.7 Å². The highest BCUT2D eigenvalue weighted by molar-refractivity contribution is 5.78. The summed E-state index contributed by atoms with van der Waals surface area (Å²) in [5.41, 5.74) is 1.22. The van der Waals surface area contributed by atoms with Gasteiger partial charge in [-0.2, -0.15) is 0 Å². The number of carbonyl (C=O) groups excluding carboxylic acids is 1. The van der Waals surface area contributed by atoms with Crippen molar-refractivity contribution in [2.24, 2.45) is 5.92 Å². The Hall–Kier alpha value is -1.55. The molecule has 1 N–H and O–H groups in total. The van der Waals surface area contributed by atoms with E-state index >= 15 is 0 Å². The van der Waals surface area contributed by atoms with E-state index in [2.05, 4.69) is 19.2 Å². The molecular formula is C17H28N2O2. The first-order chi connectivity index (χ1) is 9.88. The molecule has 0 aromatic heterocycles. The third-order valence-corrected chi connectivity index (χ3v) is 3.56. The van der Waals surface area contributed by atoms with E-state index in [4.69, 9.17) is 4.74 Å². The number of ether oxygens (including phenoxy) is 1. The summed E-state index contributed by atoms with van der Waals surface area (Å²) in [5.74, 6) is 1.38. The van der Waals surface area contributed by atoms with E-state index in [-0.39, 0.29) is 11.9 Å². The quantitative estimate of drug-likeness (QED) is 0.800. The van der Waals surface area contributed by atoms with Crippen LogP contribution in [0.2, 0.25) is 0 Å². The first-order valence-corrected chi connectivity index (χ1v) is 7.56. The summed E-state index contributed by atoms with van der Waals surface area (Å²) in [6.07, 6.45) is 0. The average molecular weight is 292 g/mol. The number of nitrogens with zero attached hydrogens (tertiary/aromatic N) is 1. The number of aryl methyl sites for hydroxylation is 1. The van der Waals surface area contributed by atoms with Crippen LogP contribution >= 0.6 is 0 Å². The average Bonchev–Trinajstić information content (AvgIpc) is 2.40. The lowest BCUT2D eigenvalue weighted by Crippen LogP contribution is -2.42. The van der Waals surface area contributed by atoms with Crippen molar-refractivity contribution in [1.82, 2.24) is 10.2 Å². The molecule has 0 saturated carbocycles. The van der Waals surface area contributed by atoms with Gasteiger partial charge in [-0.1, -0.05) is 31.5 Å². The molecule has 21 heavy (non-hydrogen) atoms. The van der Waals surface area contributed by atoms with E-state index in [0.717, 1.165) is 12.3 Å². The molecule has 0 fully saturated rings. The molecule has 0 heterocycles. The second-order valence-corrected chi connectivity index (χ2v) is 6.00. The van der Waals surface area contributed by atoms with Gasteiger partial charge in [0.2, 0.25) is 5.91 Å². The largest absolute Gasteiger partial charge is 0.492 e. The third kappa shape index (κ3) is 7.14. The second-order valence-electron chi connectivity index (χ2n) is 6.00. The SMILES string of the molecule is Cc1ccc(OCCN(C)CC(=O)NC(C)C(C)C)cc1. The molecule has 1 unspecified atom stereocenters. The maximum atomic E-state index is 11.8. The number of carbonyl (C=O) groups is 1. The number of amides is 1. The Balaban J connectivity index is 2.23. The Labute approximate surface area is 128 Å². The molecule has 1 amide bonds. The lowest BCUT2D eigenvalue weighted by Gasteiger charge is -2.21. The Morgan fingerprint density at radius 2 is 1.86 bits per heavy atom. The zero-order valence-electron chi connectivity index (χ0n) is 13.8. The van der Waals surface area contributed by atoms with E-state index in [9.17, 15) is 4.79 Å². The molecular weight excluding hydrogens is 264 g/mol. The van der Waals surface area contributed by atoms with Crippen molar-refractivity contribution in [3.05, 3.63) is 29.8 Å². The predicted octanol–water partition coefficient (Wildman–Crippen LogP) is 2.47. The molecule has 0 bridgehead atoms. The number of hydrogen-bond donors (Lipinski definition) is 1. The van der Waals surface area contributed by atoms with Crippen molar-refractivity contribution in [3.63, 3.8) is 0 Å². The minimum absolute atomic E-state index is 0.0639. The van der Waals surface area contributed by atoms with Crippen LogP contribution in [-0.4, -0.2) is 43.6 Å². The number of rotatable bonds is 8. The third-order valence-electron chi connectivity index (χ3n) is 3.56. The Morgan fingerprint density at radius 3 is 2.43 bits per heavy atom. The summed E-state index contributed by atoms with van der Waals surface area (Å²) in [4.78, 5) is 13.8. The standard InChI is InChI=1S/C17H28N2O2/c1-13(2)15(4)18-17(20)12-19(5)10-11-21-16-8-6-14(3)7-9-16/h6-9,13,15H,10-12H2,1-5H3,(H,18,20). The predicted molar refractivity (Wildman–Crippen MR) is 86.6 cm³/mol. The van der Waals surface area contributed by atoms with E-state index in [1.807, 2.05) is 50.1 Å². The number of benzene rings is 1. The molecule has 1 atom stereocenters. The molecule has 1 rings (SSSR count). The van der Waals surface area contributed by atoms with Crippen LogP contribution < -0.4 is 10.1 Å². The van der Waals surface area contributed by atoms with Crippen molar-refractivity contribution in [2.45, 2.75) is 33.7 Å². The summed E-state index contributed by atoms with van der Waals surface area (Å²) < 4.78 is 5.66. The highest BCUT2D eigenvalue weighted by Crippen LogP contribution is 2.11. The summed E-state index contributed by atoms with van der Waals surface area (Å²) in [7, 11) is 1.93. The first kappa shape index (κ1) is 17.5. The number of likely N-dealkylation sites (N-methyl/N-ethyl adjacent to an activating group) is 1. The van der Waals surface area contributed by atoms with Gasteiger partial charge >= 0.3 is 0 Å². The summed E-state index contributed by atoms with van der Waals surface area (Å²) in [5, 5.41) is 3.00. The highest BCUT2D eigenvalue weighted by Gasteiger charge is 2.12. The van der Waals surface area contributed by atoms with Crippen LogP contribution in [0.15, 0.2) is 24.3 Å². The fourth-order valence-corrected chi connectivity index (χ4v) is 1.74. The molecule has 0 aliphatic heterocycles. The summed E-state index contributed by atoms with van der Waals surface area (Å²) in [6.45, 7) is 9.98. The fourth-order valence-electron chi connectivity index (χ4n) is 1.74. The normalized spacial score (nSPS) is 12.5. The van der Waals surface area contributed by atoms with Gasteiger partial charge in [-0.05, 0) is 38.9 Å². The zero-order chi connectivity index (χ0) is 15.8. The van der Waals surface area contributed by atoms with Gasteiger partial charge in [-0.3, -0.25) is 9.69 Å². The molecule has 118 valence electrons. The molecule has 1 aromatic rings. The van der Waals surface area contributed by atoms with E-state index < -0.39 is 0 Å². The fraction of sp³-hybridized carbons (Fsp3) is 0.588. The number of hydrogen-bond acceptors (Lipinski definition) is 3. The van der Waals surface area contributed by atoms with Crippen LogP contribution in [0.3, 0.4) is 0 Å². The van der Waals surface area contributed by atoms with Gasteiger partial charge in [0.25, 0.3) is 0 Å². The van der Waals surface area contributed by atoms with Crippen molar-refractivity contribution in [1.29, 1.82) is 0 Å². The Bertz CT molecular complexity index is 429. The van der Waals surface area contributed by atoms with Gasteiger partial charge in [0.1, 0.15) is 12.4 Å². The maximum Gasteiger partial charge on any atom is 0.234 e. The van der Waals surface area contributed by atoms with Gasteiger partial charge in [0, 0.05) is 12.6 Å². The molecule has 4 heteroatoms. The topological polar surface area (TPSA) is 41.6 Å². The molecule has 0 aliphatic rings. The molecule has 0 saturated heterocycles. The van der Waals surface area contributed by atoms with Crippen molar-refractivity contribution < 1.29 is 9.53 Å². The summed E-state index contributed by atoms with van der Waals surface area (Å²) >= 11 is 0. The van der Waals surface area contributed by atoms with Crippen LogP contribution in [0.5, 0.6) is 5.75 Å². The molecule has 0 aliphatic carbocycles. The molecule has 4 nitrogen and oxygen atoms in total. The van der Waals surface area contributed by atoms with Gasteiger partial charge < -0.3 is 10.1 Å². The summed E-state index contributed by atoms with van der Waals surface area (Å²) in [6, 6.07) is 8.19. The van der Waals surface area contributed by atoms with Gasteiger partial charge in [0.05, 0.1) is 6.54 Å². The van der Waals surface area contributed by atoms with Crippen LogP contribution in [0, 0.1) is 12.8 Å². The molecule has 0 spiro atoms. The minimum Gasteiger partial charge on any atom is -0.492 e. The van der Waals surface area contributed by atoms with E-state index in [1.54, 1.807) is 0 Å². The Morgan fingerprint density at radius 1 is 1.24 bits per heavy atom. The smallest absolute Gasteiger partial charge is 0.234 e. The zero-order valence-corrected chi connectivity index (χ0v) is 13.8. The van der Waals surface area contributed by atoms with E-state index in [0.29, 0.717) is 19.1 Å². The molecule has 1 aromatic carbocycles.